The average Bonchev–Trinajstić information content (AvgIpc) is 2.45. The second kappa shape index (κ2) is 7.62. The lowest BCUT2D eigenvalue weighted by Crippen LogP contribution is -2.25. The predicted molar refractivity (Wildman–Crippen MR) is 86.9 cm³/mol. The predicted octanol–water partition coefficient (Wildman–Crippen LogP) is 4.38. The van der Waals surface area contributed by atoms with Gasteiger partial charge in [-0.25, -0.2) is 9.97 Å². The van der Waals surface area contributed by atoms with Gasteiger partial charge in [-0.1, -0.05) is 34.1 Å². The molecule has 2 rings (SSSR count). The molecule has 0 bridgehead atoms. The standard InChI is InChI=1S/C17H29N3O/c1-5-9-18-16-15(12(2)3)17(20-11-19-16)21-14-8-6-7-13(4)10-14/h11-14H,5-10H2,1-4H3,(H,18,19,20). The molecule has 1 aromatic heterocycles. The molecule has 0 saturated heterocycles. The van der Waals surface area contributed by atoms with Crippen LogP contribution >= 0.6 is 0 Å². The van der Waals surface area contributed by atoms with Crippen molar-refractivity contribution in [1.82, 2.24) is 9.97 Å². The number of aromatic nitrogens is 2. The zero-order valence-corrected chi connectivity index (χ0v) is 13.9. The number of rotatable bonds is 6. The molecule has 0 radical (unpaired) electrons. The van der Waals surface area contributed by atoms with E-state index in [0.29, 0.717) is 12.0 Å². The van der Waals surface area contributed by atoms with E-state index in [0.717, 1.165) is 49.0 Å². The zero-order valence-electron chi connectivity index (χ0n) is 13.9. The lowest BCUT2D eigenvalue weighted by molar-refractivity contribution is 0.122. The highest BCUT2D eigenvalue weighted by Crippen LogP contribution is 2.33. The van der Waals surface area contributed by atoms with Crippen LogP contribution in [0.5, 0.6) is 5.88 Å². The summed E-state index contributed by atoms with van der Waals surface area (Å²) < 4.78 is 6.25. The van der Waals surface area contributed by atoms with Crippen LogP contribution in [0.25, 0.3) is 0 Å². The minimum absolute atomic E-state index is 0.306. The summed E-state index contributed by atoms with van der Waals surface area (Å²) >= 11 is 0. The van der Waals surface area contributed by atoms with Gasteiger partial charge in [0.1, 0.15) is 18.2 Å². The Morgan fingerprint density at radius 2 is 2.14 bits per heavy atom. The molecule has 2 unspecified atom stereocenters. The van der Waals surface area contributed by atoms with E-state index in [4.69, 9.17) is 4.74 Å². The molecule has 0 aromatic carbocycles. The maximum absolute atomic E-state index is 6.25. The van der Waals surface area contributed by atoms with E-state index >= 15 is 0 Å². The summed E-state index contributed by atoms with van der Waals surface area (Å²) in [6.45, 7) is 9.74. The largest absolute Gasteiger partial charge is 0.474 e. The normalized spacial score (nSPS) is 22.3. The summed E-state index contributed by atoms with van der Waals surface area (Å²) in [6.07, 6.45) is 7.87. The Balaban J connectivity index is 2.17. The van der Waals surface area contributed by atoms with Crippen LogP contribution in [-0.4, -0.2) is 22.6 Å². The monoisotopic (exact) mass is 291 g/mol. The molecule has 0 aliphatic heterocycles. The lowest BCUT2D eigenvalue weighted by Gasteiger charge is -2.28. The maximum Gasteiger partial charge on any atom is 0.222 e. The summed E-state index contributed by atoms with van der Waals surface area (Å²) in [5.74, 6) is 2.81. The highest BCUT2D eigenvalue weighted by molar-refractivity contribution is 5.50. The van der Waals surface area contributed by atoms with Gasteiger partial charge in [0.05, 0.1) is 5.56 Å². The van der Waals surface area contributed by atoms with Crippen molar-refractivity contribution in [3.63, 3.8) is 0 Å². The van der Waals surface area contributed by atoms with Crippen LogP contribution < -0.4 is 10.1 Å². The molecule has 21 heavy (non-hydrogen) atoms. The molecule has 1 N–H and O–H groups in total. The molecule has 1 aromatic rings. The number of anilines is 1. The average molecular weight is 291 g/mol. The van der Waals surface area contributed by atoms with Gasteiger partial charge in [0.2, 0.25) is 5.88 Å². The molecule has 1 saturated carbocycles. The van der Waals surface area contributed by atoms with Crippen molar-refractivity contribution >= 4 is 5.82 Å². The summed E-state index contributed by atoms with van der Waals surface area (Å²) in [6, 6.07) is 0. The molecule has 0 spiro atoms. The van der Waals surface area contributed by atoms with Crippen LogP contribution in [0.3, 0.4) is 0 Å². The molecule has 118 valence electrons. The van der Waals surface area contributed by atoms with Crippen LogP contribution in [0.2, 0.25) is 0 Å². The van der Waals surface area contributed by atoms with Crippen LogP contribution in [0, 0.1) is 5.92 Å². The maximum atomic E-state index is 6.25. The quantitative estimate of drug-likeness (QED) is 0.845. The number of nitrogens with one attached hydrogen (secondary N) is 1. The Morgan fingerprint density at radius 3 is 2.81 bits per heavy atom. The van der Waals surface area contributed by atoms with Crippen LogP contribution in [0.4, 0.5) is 5.82 Å². The first kappa shape index (κ1) is 16.1. The summed E-state index contributed by atoms with van der Waals surface area (Å²) in [7, 11) is 0. The zero-order chi connectivity index (χ0) is 15.2. The smallest absolute Gasteiger partial charge is 0.222 e. The van der Waals surface area contributed by atoms with Crippen molar-refractivity contribution in [2.75, 3.05) is 11.9 Å². The summed E-state index contributed by atoms with van der Waals surface area (Å²) in [4.78, 5) is 8.82. The molecule has 0 amide bonds. The van der Waals surface area contributed by atoms with Gasteiger partial charge < -0.3 is 10.1 Å². The summed E-state index contributed by atoms with van der Waals surface area (Å²) in [5, 5.41) is 3.40. The summed E-state index contributed by atoms with van der Waals surface area (Å²) in [5.41, 5.74) is 1.11. The second-order valence-corrected chi connectivity index (χ2v) is 6.53. The van der Waals surface area contributed by atoms with E-state index in [1.807, 2.05) is 0 Å². The molecule has 1 heterocycles. The molecular weight excluding hydrogens is 262 g/mol. The first-order chi connectivity index (χ1) is 10.1. The third-order valence-electron chi connectivity index (χ3n) is 4.13. The van der Waals surface area contributed by atoms with E-state index in [1.54, 1.807) is 6.33 Å². The van der Waals surface area contributed by atoms with Crippen LogP contribution in [0.1, 0.15) is 71.3 Å². The van der Waals surface area contributed by atoms with Crippen LogP contribution in [-0.2, 0) is 0 Å². The number of nitrogens with zero attached hydrogens (tertiary/aromatic N) is 2. The Hall–Kier alpha value is -1.32. The van der Waals surface area contributed by atoms with E-state index in [1.165, 1.54) is 12.8 Å². The fourth-order valence-electron chi connectivity index (χ4n) is 3.02. The fourth-order valence-corrected chi connectivity index (χ4v) is 3.02. The van der Waals surface area contributed by atoms with Gasteiger partial charge in [0, 0.05) is 6.54 Å². The van der Waals surface area contributed by atoms with Gasteiger partial charge in [0.15, 0.2) is 0 Å². The van der Waals surface area contributed by atoms with E-state index < -0.39 is 0 Å². The number of hydrogen-bond acceptors (Lipinski definition) is 4. The SMILES string of the molecule is CCCNc1ncnc(OC2CCCC(C)C2)c1C(C)C. The van der Waals surface area contributed by atoms with Crippen LogP contribution in [0.15, 0.2) is 6.33 Å². The Kier molecular flexibility index (Phi) is 5.83. The minimum Gasteiger partial charge on any atom is -0.474 e. The van der Waals surface area contributed by atoms with Gasteiger partial charge >= 0.3 is 0 Å². The van der Waals surface area contributed by atoms with Gasteiger partial charge in [-0.05, 0) is 37.5 Å². The Morgan fingerprint density at radius 1 is 1.33 bits per heavy atom. The third-order valence-corrected chi connectivity index (χ3v) is 4.13. The topological polar surface area (TPSA) is 47.0 Å². The van der Waals surface area contributed by atoms with Crippen molar-refractivity contribution < 1.29 is 4.74 Å². The molecule has 4 heteroatoms. The van der Waals surface area contributed by atoms with Crippen molar-refractivity contribution in [3.8, 4) is 5.88 Å². The molecule has 1 aliphatic carbocycles. The van der Waals surface area contributed by atoms with Crippen molar-refractivity contribution in [3.05, 3.63) is 11.9 Å². The number of ether oxygens (including phenoxy) is 1. The molecule has 4 nitrogen and oxygen atoms in total. The van der Waals surface area contributed by atoms with Gasteiger partial charge in [-0.2, -0.15) is 0 Å². The fraction of sp³-hybridized carbons (Fsp3) is 0.765. The van der Waals surface area contributed by atoms with Crippen molar-refractivity contribution in [2.24, 2.45) is 5.92 Å². The third kappa shape index (κ3) is 4.32. The Labute approximate surface area is 128 Å². The minimum atomic E-state index is 0.306. The second-order valence-electron chi connectivity index (χ2n) is 6.53. The molecule has 2 atom stereocenters. The van der Waals surface area contributed by atoms with E-state index in [2.05, 4.69) is 43.0 Å². The molecular formula is C17H29N3O. The first-order valence-electron chi connectivity index (χ1n) is 8.37. The van der Waals surface area contributed by atoms with Gasteiger partial charge in [0.25, 0.3) is 0 Å². The van der Waals surface area contributed by atoms with Gasteiger partial charge in [-0.15, -0.1) is 0 Å². The Bertz CT molecular complexity index is 448. The van der Waals surface area contributed by atoms with E-state index in [9.17, 15) is 0 Å². The van der Waals surface area contributed by atoms with Gasteiger partial charge in [-0.3, -0.25) is 0 Å². The molecule has 1 fully saturated rings. The van der Waals surface area contributed by atoms with Crippen molar-refractivity contribution in [2.45, 2.75) is 71.8 Å². The highest BCUT2D eigenvalue weighted by atomic mass is 16.5. The van der Waals surface area contributed by atoms with E-state index in [-0.39, 0.29) is 0 Å². The first-order valence-corrected chi connectivity index (χ1v) is 8.37. The molecule has 1 aliphatic rings. The lowest BCUT2D eigenvalue weighted by atomic mass is 9.88. The number of hydrogen-bond donors (Lipinski definition) is 1. The van der Waals surface area contributed by atoms with Crippen molar-refractivity contribution in [1.29, 1.82) is 0 Å². The highest BCUT2D eigenvalue weighted by Gasteiger charge is 2.23.